The zero-order valence-electron chi connectivity index (χ0n) is 16.6. The first kappa shape index (κ1) is 21.0. The van der Waals surface area contributed by atoms with Gasteiger partial charge in [-0.25, -0.2) is 4.79 Å². The molecule has 1 aliphatic rings. The lowest BCUT2D eigenvalue weighted by Gasteiger charge is -2.20. The minimum atomic E-state index is -4.53. The highest BCUT2D eigenvalue weighted by molar-refractivity contribution is 6.00. The predicted octanol–water partition coefficient (Wildman–Crippen LogP) is 5.34. The van der Waals surface area contributed by atoms with Crippen LogP contribution in [0.15, 0.2) is 18.5 Å². The lowest BCUT2D eigenvalue weighted by atomic mass is 10.0. The number of rotatable bonds is 5. The van der Waals surface area contributed by atoms with Gasteiger partial charge in [-0.15, -0.1) is 0 Å². The Bertz CT molecular complexity index is 927. The van der Waals surface area contributed by atoms with Crippen molar-refractivity contribution in [2.45, 2.75) is 51.8 Å². The maximum Gasteiger partial charge on any atom is 0.418 e. The Balaban J connectivity index is 1.82. The molecule has 3 rings (SSSR count). The molecule has 2 heterocycles. The van der Waals surface area contributed by atoms with E-state index in [0.29, 0.717) is 18.5 Å². The number of alkyl halides is 3. The van der Waals surface area contributed by atoms with Crippen LogP contribution in [0.4, 0.5) is 29.3 Å². The van der Waals surface area contributed by atoms with Crippen LogP contribution in [-0.4, -0.2) is 23.1 Å². The molecule has 0 spiro atoms. The van der Waals surface area contributed by atoms with Crippen molar-refractivity contribution in [2.75, 3.05) is 17.7 Å². The number of hydrogen-bond donors (Lipinski definition) is 2. The van der Waals surface area contributed by atoms with Crippen LogP contribution >= 0.6 is 0 Å². The average Bonchev–Trinajstić information content (AvgIpc) is 3.49. The molecule has 1 saturated carbocycles. The molecule has 0 aromatic carbocycles. The second-order valence-electron chi connectivity index (χ2n) is 7.18. The smallest absolute Gasteiger partial charge is 0.377 e. The maximum atomic E-state index is 13.4. The summed E-state index contributed by atoms with van der Waals surface area (Å²) >= 11 is 0. The molecule has 2 aromatic rings. The summed E-state index contributed by atoms with van der Waals surface area (Å²) in [6.45, 7) is 5.55. The van der Waals surface area contributed by atoms with Crippen molar-refractivity contribution >= 4 is 17.4 Å². The van der Waals surface area contributed by atoms with E-state index in [0.717, 1.165) is 22.9 Å². The third kappa shape index (κ3) is 4.67. The topological polar surface area (TPSA) is 76.1 Å². The summed E-state index contributed by atoms with van der Waals surface area (Å²) < 4.78 is 45.5. The average molecular weight is 408 g/mol. The molecule has 2 aromatic heterocycles. The number of aromatic nitrogens is 2. The van der Waals surface area contributed by atoms with Crippen LogP contribution in [0.2, 0.25) is 0 Å². The molecular formula is C20H23F3N4O2. The Labute approximate surface area is 166 Å². The van der Waals surface area contributed by atoms with Gasteiger partial charge in [0.25, 0.3) is 0 Å². The Kier molecular flexibility index (Phi) is 5.79. The fourth-order valence-electron chi connectivity index (χ4n) is 3.20. The lowest BCUT2D eigenvalue weighted by molar-refractivity contribution is -0.138. The zero-order valence-corrected chi connectivity index (χ0v) is 16.6. The van der Waals surface area contributed by atoms with Gasteiger partial charge in [0, 0.05) is 24.3 Å². The minimum Gasteiger partial charge on any atom is -0.377 e. The number of ether oxygens (including phenoxy) is 1. The Hall–Kier alpha value is -2.68. The van der Waals surface area contributed by atoms with Gasteiger partial charge in [-0.05, 0) is 45.2 Å². The monoisotopic (exact) mass is 408 g/mol. The van der Waals surface area contributed by atoms with Gasteiger partial charge in [-0.2, -0.15) is 13.2 Å². The Morgan fingerprint density at radius 2 is 1.90 bits per heavy atom. The Morgan fingerprint density at radius 3 is 2.48 bits per heavy atom. The van der Waals surface area contributed by atoms with E-state index in [-0.39, 0.29) is 23.4 Å². The van der Waals surface area contributed by atoms with Crippen molar-refractivity contribution in [1.29, 1.82) is 0 Å². The maximum absolute atomic E-state index is 13.4. The molecule has 2 N–H and O–H groups in total. The Morgan fingerprint density at radius 1 is 1.21 bits per heavy atom. The van der Waals surface area contributed by atoms with E-state index in [9.17, 15) is 18.0 Å². The number of hydrogen-bond acceptors (Lipinski definition) is 4. The minimum absolute atomic E-state index is 0.0302. The third-order valence-electron chi connectivity index (χ3n) is 5.08. The van der Waals surface area contributed by atoms with Gasteiger partial charge >= 0.3 is 12.2 Å². The summed E-state index contributed by atoms with van der Waals surface area (Å²) in [6, 6.07) is 0.242. The largest absolute Gasteiger partial charge is 0.418 e. The summed E-state index contributed by atoms with van der Waals surface area (Å²) in [6.07, 6.45) is -0.684. The second-order valence-corrected chi connectivity index (χ2v) is 7.18. The molecule has 0 aliphatic heterocycles. The summed E-state index contributed by atoms with van der Waals surface area (Å²) in [5, 5.41) is 5.08. The van der Waals surface area contributed by atoms with Gasteiger partial charge in [0.05, 0.1) is 41.1 Å². The number of pyridine rings is 2. The first-order valence-electron chi connectivity index (χ1n) is 9.25. The number of halogens is 3. The molecule has 29 heavy (non-hydrogen) atoms. The number of aryl methyl sites for hydroxylation is 1. The van der Waals surface area contributed by atoms with E-state index in [1.807, 2.05) is 20.8 Å². The molecule has 1 unspecified atom stereocenters. The van der Waals surface area contributed by atoms with Crippen molar-refractivity contribution in [3.05, 3.63) is 46.5 Å². The van der Waals surface area contributed by atoms with Crippen molar-refractivity contribution in [3.8, 4) is 0 Å². The van der Waals surface area contributed by atoms with Gasteiger partial charge < -0.3 is 15.4 Å². The molecule has 0 radical (unpaired) electrons. The normalized spacial score (nSPS) is 15.1. The van der Waals surface area contributed by atoms with Crippen molar-refractivity contribution < 1.29 is 22.7 Å². The number of amides is 2. The SMILES string of the molecule is COC(C)c1c(NC(=O)Nc2cnc(C3CC3)c(C(F)(F)F)c2)cnc(C)c1C. The van der Waals surface area contributed by atoms with Crippen LogP contribution in [0.3, 0.4) is 0 Å². The van der Waals surface area contributed by atoms with E-state index in [4.69, 9.17) is 4.74 Å². The quantitative estimate of drug-likeness (QED) is 0.700. The van der Waals surface area contributed by atoms with Gasteiger partial charge in [-0.1, -0.05) is 0 Å². The van der Waals surface area contributed by atoms with Crippen molar-refractivity contribution in [1.82, 2.24) is 9.97 Å². The standard InChI is InChI=1S/C20H23F3N4O2/c1-10-11(2)24-9-16(17(10)12(3)29-4)27-19(28)26-14-7-15(20(21,22)23)18(25-8-14)13-5-6-13/h7-9,12-13H,5-6H2,1-4H3,(H2,26,27,28). The fourth-order valence-corrected chi connectivity index (χ4v) is 3.20. The molecule has 1 aliphatic carbocycles. The molecule has 0 bridgehead atoms. The summed E-state index contributed by atoms with van der Waals surface area (Å²) in [7, 11) is 1.55. The summed E-state index contributed by atoms with van der Waals surface area (Å²) in [5.41, 5.74) is 2.05. The van der Waals surface area contributed by atoms with E-state index in [1.54, 1.807) is 7.11 Å². The van der Waals surface area contributed by atoms with Crippen LogP contribution < -0.4 is 10.6 Å². The van der Waals surface area contributed by atoms with Gasteiger partial charge in [0.1, 0.15) is 0 Å². The fraction of sp³-hybridized carbons (Fsp3) is 0.450. The molecule has 1 atom stereocenters. The lowest BCUT2D eigenvalue weighted by Crippen LogP contribution is -2.22. The molecule has 1 fully saturated rings. The highest BCUT2D eigenvalue weighted by Gasteiger charge is 2.39. The van der Waals surface area contributed by atoms with E-state index < -0.39 is 17.8 Å². The van der Waals surface area contributed by atoms with Gasteiger partial charge in [-0.3, -0.25) is 9.97 Å². The number of methoxy groups -OCH3 is 1. The molecule has 6 nitrogen and oxygen atoms in total. The predicted molar refractivity (Wildman–Crippen MR) is 103 cm³/mol. The van der Waals surface area contributed by atoms with Gasteiger partial charge in [0.2, 0.25) is 0 Å². The molecule has 0 saturated heterocycles. The van der Waals surface area contributed by atoms with Crippen molar-refractivity contribution in [3.63, 3.8) is 0 Å². The number of nitrogens with one attached hydrogen (secondary N) is 2. The number of anilines is 2. The number of nitrogens with zero attached hydrogens (tertiary/aromatic N) is 2. The van der Waals surface area contributed by atoms with E-state index >= 15 is 0 Å². The molecule has 9 heteroatoms. The van der Waals surface area contributed by atoms with Crippen LogP contribution in [0, 0.1) is 13.8 Å². The molecule has 156 valence electrons. The molecule has 2 amide bonds. The van der Waals surface area contributed by atoms with E-state index in [1.165, 1.54) is 12.4 Å². The summed E-state index contributed by atoms with van der Waals surface area (Å²) in [4.78, 5) is 20.6. The summed E-state index contributed by atoms with van der Waals surface area (Å²) in [5.74, 6) is -0.158. The van der Waals surface area contributed by atoms with Crippen LogP contribution in [0.1, 0.15) is 59.9 Å². The van der Waals surface area contributed by atoms with Crippen LogP contribution in [-0.2, 0) is 10.9 Å². The third-order valence-corrected chi connectivity index (χ3v) is 5.08. The highest BCUT2D eigenvalue weighted by atomic mass is 19.4. The second kappa shape index (κ2) is 7.98. The van der Waals surface area contributed by atoms with Gasteiger partial charge in [0.15, 0.2) is 0 Å². The van der Waals surface area contributed by atoms with Crippen LogP contribution in [0.5, 0.6) is 0 Å². The first-order valence-corrected chi connectivity index (χ1v) is 9.25. The number of urea groups is 1. The zero-order chi connectivity index (χ0) is 21.3. The van der Waals surface area contributed by atoms with Crippen molar-refractivity contribution in [2.24, 2.45) is 0 Å². The molecular weight excluding hydrogens is 385 g/mol. The highest BCUT2D eigenvalue weighted by Crippen LogP contribution is 2.45. The van der Waals surface area contributed by atoms with Crippen LogP contribution in [0.25, 0.3) is 0 Å². The van der Waals surface area contributed by atoms with E-state index in [2.05, 4.69) is 20.6 Å². The number of carbonyl (C=O) groups is 1. The first-order chi connectivity index (χ1) is 13.6. The number of carbonyl (C=O) groups excluding carboxylic acids is 1.